The SMILES string of the molecule is CCOC(=O)C1=C(C)N(CC(=O)NC2CC2)C(=O)CC1c1ccc(OCc2ccccc2)cc1. The summed E-state index contributed by atoms with van der Waals surface area (Å²) in [5.41, 5.74) is 2.77. The van der Waals surface area contributed by atoms with Gasteiger partial charge in [0.05, 0.1) is 12.2 Å². The lowest BCUT2D eigenvalue weighted by atomic mass is 9.83. The number of nitrogens with zero attached hydrogens (tertiary/aromatic N) is 1. The fraction of sp³-hybridized carbons (Fsp3) is 0.370. The number of rotatable bonds is 9. The van der Waals surface area contributed by atoms with Crippen LogP contribution in [0.3, 0.4) is 0 Å². The summed E-state index contributed by atoms with van der Waals surface area (Å²) in [6, 6.07) is 17.5. The Morgan fingerprint density at radius 2 is 1.76 bits per heavy atom. The number of hydrogen-bond donors (Lipinski definition) is 1. The van der Waals surface area contributed by atoms with Crippen LogP contribution in [-0.2, 0) is 25.7 Å². The maximum atomic E-state index is 13.0. The molecule has 7 heteroatoms. The fourth-order valence-electron chi connectivity index (χ4n) is 4.14. The number of allylic oxidation sites excluding steroid dienone is 1. The minimum absolute atomic E-state index is 0.0897. The summed E-state index contributed by atoms with van der Waals surface area (Å²) in [5.74, 6) is -0.610. The third-order valence-corrected chi connectivity index (χ3v) is 6.09. The molecule has 1 unspecified atom stereocenters. The van der Waals surface area contributed by atoms with Crippen molar-refractivity contribution in [2.75, 3.05) is 13.2 Å². The number of benzene rings is 2. The molecule has 2 aromatic rings. The van der Waals surface area contributed by atoms with Gasteiger partial charge < -0.3 is 19.7 Å². The molecule has 1 heterocycles. The Labute approximate surface area is 199 Å². The monoisotopic (exact) mass is 462 g/mol. The Kier molecular flexibility index (Phi) is 7.30. The molecule has 2 aromatic carbocycles. The summed E-state index contributed by atoms with van der Waals surface area (Å²) in [4.78, 5) is 39.7. The first-order valence-corrected chi connectivity index (χ1v) is 11.7. The van der Waals surface area contributed by atoms with E-state index in [0.717, 1.165) is 24.0 Å². The summed E-state index contributed by atoms with van der Waals surface area (Å²) in [6.07, 6.45) is 2.03. The Morgan fingerprint density at radius 3 is 2.41 bits per heavy atom. The Bertz CT molecular complexity index is 1070. The zero-order chi connectivity index (χ0) is 24.1. The molecule has 4 rings (SSSR count). The number of ether oxygens (including phenoxy) is 2. The van der Waals surface area contributed by atoms with E-state index >= 15 is 0 Å². The smallest absolute Gasteiger partial charge is 0.336 e. The fourth-order valence-corrected chi connectivity index (χ4v) is 4.14. The number of hydrogen-bond acceptors (Lipinski definition) is 5. The van der Waals surface area contributed by atoms with E-state index in [4.69, 9.17) is 9.47 Å². The number of carbonyl (C=O) groups is 3. The van der Waals surface area contributed by atoms with Crippen LogP contribution in [0.2, 0.25) is 0 Å². The maximum absolute atomic E-state index is 13.0. The van der Waals surface area contributed by atoms with Crippen LogP contribution in [0.4, 0.5) is 0 Å². The van der Waals surface area contributed by atoms with Crippen molar-refractivity contribution in [3.63, 3.8) is 0 Å². The van der Waals surface area contributed by atoms with E-state index in [-0.39, 0.29) is 37.4 Å². The zero-order valence-electron chi connectivity index (χ0n) is 19.6. The molecule has 0 aromatic heterocycles. The third kappa shape index (κ3) is 5.65. The summed E-state index contributed by atoms with van der Waals surface area (Å²) in [5, 5.41) is 2.90. The average molecular weight is 463 g/mol. The molecule has 1 N–H and O–H groups in total. The molecule has 2 amide bonds. The molecular weight excluding hydrogens is 432 g/mol. The van der Waals surface area contributed by atoms with E-state index < -0.39 is 11.9 Å². The zero-order valence-corrected chi connectivity index (χ0v) is 19.6. The first-order valence-electron chi connectivity index (χ1n) is 11.7. The maximum Gasteiger partial charge on any atom is 0.336 e. The molecule has 1 aliphatic heterocycles. The van der Waals surface area contributed by atoms with Crippen LogP contribution in [-0.4, -0.2) is 41.9 Å². The molecule has 0 bridgehead atoms. The Hall–Kier alpha value is -3.61. The molecule has 34 heavy (non-hydrogen) atoms. The van der Waals surface area contributed by atoms with Crippen LogP contribution < -0.4 is 10.1 Å². The molecule has 1 saturated carbocycles. The topological polar surface area (TPSA) is 84.9 Å². The average Bonchev–Trinajstić information content (AvgIpc) is 3.65. The summed E-state index contributed by atoms with van der Waals surface area (Å²) in [7, 11) is 0. The molecule has 178 valence electrons. The van der Waals surface area contributed by atoms with E-state index in [9.17, 15) is 14.4 Å². The van der Waals surface area contributed by atoms with Gasteiger partial charge in [-0.2, -0.15) is 0 Å². The molecule has 2 aliphatic rings. The van der Waals surface area contributed by atoms with Crippen LogP contribution in [0, 0.1) is 0 Å². The minimum atomic E-state index is -0.463. The lowest BCUT2D eigenvalue weighted by Gasteiger charge is -2.34. The quantitative estimate of drug-likeness (QED) is 0.575. The van der Waals surface area contributed by atoms with Crippen molar-refractivity contribution in [3.05, 3.63) is 77.0 Å². The Balaban J connectivity index is 1.53. The van der Waals surface area contributed by atoms with Gasteiger partial charge in [0, 0.05) is 24.1 Å². The summed E-state index contributed by atoms with van der Waals surface area (Å²) < 4.78 is 11.2. The second-order valence-corrected chi connectivity index (χ2v) is 8.64. The van der Waals surface area contributed by atoms with Crippen LogP contribution in [0.5, 0.6) is 5.75 Å². The largest absolute Gasteiger partial charge is 0.489 e. The molecule has 7 nitrogen and oxygen atoms in total. The van der Waals surface area contributed by atoms with Gasteiger partial charge >= 0.3 is 5.97 Å². The van der Waals surface area contributed by atoms with Crippen LogP contribution in [0.1, 0.15) is 50.2 Å². The van der Waals surface area contributed by atoms with E-state index in [1.54, 1.807) is 13.8 Å². The van der Waals surface area contributed by atoms with Gasteiger partial charge in [-0.3, -0.25) is 9.59 Å². The summed E-state index contributed by atoms with van der Waals surface area (Å²) in [6.45, 7) is 4.04. The summed E-state index contributed by atoms with van der Waals surface area (Å²) >= 11 is 0. The van der Waals surface area contributed by atoms with Crippen molar-refractivity contribution in [1.82, 2.24) is 10.2 Å². The molecule has 1 fully saturated rings. The highest BCUT2D eigenvalue weighted by Crippen LogP contribution is 2.37. The standard InChI is InChI=1S/C27H30N2O5/c1-3-33-27(32)26-18(2)29(16-24(30)28-21-11-12-21)25(31)15-23(26)20-9-13-22(14-10-20)34-17-19-7-5-4-6-8-19/h4-10,13-14,21,23H,3,11-12,15-17H2,1-2H3,(H,28,30). The second kappa shape index (κ2) is 10.5. The lowest BCUT2D eigenvalue weighted by Crippen LogP contribution is -2.44. The molecule has 0 spiro atoms. The normalized spacial score (nSPS) is 18.0. The molecule has 1 aliphatic carbocycles. The highest BCUT2D eigenvalue weighted by atomic mass is 16.5. The van der Waals surface area contributed by atoms with E-state index in [0.29, 0.717) is 23.6 Å². The predicted molar refractivity (Wildman–Crippen MR) is 127 cm³/mol. The van der Waals surface area contributed by atoms with Gasteiger partial charge in [0.15, 0.2) is 0 Å². The highest BCUT2D eigenvalue weighted by Gasteiger charge is 2.38. The van der Waals surface area contributed by atoms with Crippen molar-refractivity contribution in [1.29, 1.82) is 0 Å². The van der Waals surface area contributed by atoms with Crippen molar-refractivity contribution in [2.45, 2.75) is 51.7 Å². The van der Waals surface area contributed by atoms with Gasteiger partial charge in [-0.1, -0.05) is 42.5 Å². The van der Waals surface area contributed by atoms with Crippen molar-refractivity contribution < 1.29 is 23.9 Å². The number of esters is 1. The van der Waals surface area contributed by atoms with Gasteiger partial charge in [-0.05, 0) is 49.9 Å². The van der Waals surface area contributed by atoms with Crippen LogP contribution in [0.25, 0.3) is 0 Å². The van der Waals surface area contributed by atoms with Crippen molar-refractivity contribution >= 4 is 17.8 Å². The number of carbonyl (C=O) groups excluding carboxylic acids is 3. The Morgan fingerprint density at radius 1 is 1.06 bits per heavy atom. The van der Waals surface area contributed by atoms with Crippen LogP contribution in [0.15, 0.2) is 65.9 Å². The number of amides is 2. The van der Waals surface area contributed by atoms with Gasteiger partial charge in [0.2, 0.25) is 11.8 Å². The van der Waals surface area contributed by atoms with Gasteiger partial charge in [-0.25, -0.2) is 4.79 Å². The van der Waals surface area contributed by atoms with E-state index in [2.05, 4.69) is 5.32 Å². The van der Waals surface area contributed by atoms with Crippen LogP contribution >= 0.6 is 0 Å². The van der Waals surface area contributed by atoms with E-state index in [1.807, 2.05) is 54.6 Å². The number of nitrogens with one attached hydrogen (secondary N) is 1. The minimum Gasteiger partial charge on any atom is -0.489 e. The first kappa shape index (κ1) is 23.5. The second-order valence-electron chi connectivity index (χ2n) is 8.64. The van der Waals surface area contributed by atoms with Crippen molar-refractivity contribution in [3.8, 4) is 5.75 Å². The first-order chi connectivity index (χ1) is 16.5. The van der Waals surface area contributed by atoms with Crippen molar-refractivity contribution in [2.24, 2.45) is 0 Å². The van der Waals surface area contributed by atoms with Gasteiger partial charge in [0.1, 0.15) is 18.9 Å². The third-order valence-electron chi connectivity index (χ3n) is 6.09. The highest BCUT2D eigenvalue weighted by molar-refractivity contribution is 5.97. The van der Waals surface area contributed by atoms with Gasteiger partial charge in [-0.15, -0.1) is 0 Å². The predicted octanol–water partition coefficient (Wildman–Crippen LogP) is 3.70. The lowest BCUT2D eigenvalue weighted by molar-refractivity contribution is -0.141. The molecular formula is C27H30N2O5. The van der Waals surface area contributed by atoms with Gasteiger partial charge in [0.25, 0.3) is 0 Å². The molecule has 1 atom stereocenters. The molecule has 0 saturated heterocycles. The van der Waals surface area contributed by atoms with E-state index in [1.165, 1.54) is 4.90 Å². The molecule has 0 radical (unpaired) electrons.